The summed E-state index contributed by atoms with van der Waals surface area (Å²) in [6, 6.07) is 10.2. The van der Waals surface area contributed by atoms with Crippen LogP contribution < -0.4 is 4.90 Å². The Balaban J connectivity index is 2.23. The number of hydrogen-bond acceptors (Lipinski definition) is 4. The summed E-state index contributed by atoms with van der Waals surface area (Å²) >= 11 is 0. The molecule has 0 radical (unpaired) electrons. The SMILES string of the molecule is CN(Cc1ccccc1C(F)(F)F)c1ccc(C#N)nn1. The van der Waals surface area contributed by atoms with Gasteiger partial charge in [-0.15, -0.1) is 10.2 Å². The molecule has 0 aliphatic heterocycles. The molecule has 0 unspecified atom stereocenters. The number of aromatic nitrogens is 2. The van der Waals surface area contributed by atoms with Crippen molar-refractivity contribution in [1.82, 2.24) is 10.2 Å². The van der Waals surface area contributed by atoms with E-state index < -0.39 is 11.7 Å². The molecule has 7 heteroatoms. The van der Waals surface area contributed by atoms with Gasteiger partial charge in [0.2, 0.25) is 0 Å². The molecule has 108 valence electrons. The molecule has 0 aliphatic carbocycles. The largest absolute Gasteiger partial charge is 0.416 e. The van der Waals surface area contributed by atoms with Crippen molar-refractivity contribution in [1.29, 1.82) is 5.26 Å². The first-order chi connectivity index (χ1) is 9.91. The van der Waals surface area contributed by atoms with E-state index in [2.05, 4.69) is 10.2 Å². The lowest BCUT2D eigenvalue weighted by molar-refractivity contribution is -0.138. The Morgan fingerprint density at radius 2 is 1.86 bits per heavy atom. The maximum atomic E-state index is 12.9. The molecule has 0 saturated carbocycles. The van der Waals surface area contributed by atoms with Crippen molar-refractivity contribution in [3.05, 3.63) is 53.2 Å². The second kappa shape index (κ2) is 5.79. The maximum absolute atomic E-state index is 12.9. The van der Waals surface area contributed by atoms with Crippen LogP contribution in [0.3, 0.4) is 0 Å². The molecular formula is C14H11F3N4. The van der Waals surface area contributed by atoms with E-state index in [1.54, 1.807) is 24.1 Å². The van der Waals surface area contributed by atoms with Crippen LogP contribution in [0.1, 0.15) is 16.8 Å². The smallest absolute Gasteiger partial charge is 0.354 e. The highest BCUT2D eigenvalue weighted by Crippen LogP contribution is 2.32. The van der Waals surface area contributed by atoms with E-state index in [1.807, 2.05) is 6.07 Å². The Hall–Kier alpha value is -2.62. The summed E-state index contributed by atoms with van der Waals surface area (Å²) in [5, 5.41) is 16.1. The van der Waals surface area contributed by atoms with Crippen LogP contribution in [0.25, 0.3) is 0 Å². The molecule has 1 aromatic heterocycles. The van der Waals surface area contributed by atoms with Crippen molar-refractivity contribution in [2.24, 2.45) is 0 Å². The van der Waals surface area contributed by atoms with Gasteiger partial charge in [-0.2, -0.15) is 18.4 Å². The first-order valence-corrected chi connectivity index (χ1v) is 6.02. The third kappa shape index (κ3) is 3.48. The summed E-state index contributed by atoms with van der Waals surface area (Å²) in [5.41, 5.74) is -0.361. The number of nitriles is 1. The van der Waals surface area contributed by atoms with Crippen molar-refractivity contribution in [3.8, 4) is 6.07 Å². The number of nitrogens with zero attached hydrogens (tertiary/aromatic N) is 4. The molecular weight excluding hydrogens is 281 g/mol. The number of alkyl halides is 3. The van der Waals surface area contributed by atoms with Crippen LogP contribution in [0.15, 0.2) is 36.4 Å². The Labute approximate surface area is 119 Å². The van der Waals surface area contributed by atoms with Gasteiger partial charge in [-0.3, -0.25) is 0 Å². The van der Waals surface area contributed by atoms with Crippen molar-refractivity contribution in [3.63, 3.8) is 0 Å². The van der Waals surface area contributed by atoms with Gasteiger partial charge in [-0.25, -0.2) is 0 Å². The molecule has 0 spiro atoms. The molecule has 1 aromatic carbocycles. The van der Waals surface area contributed by atoms with Crippen molar-refractivity contribution >= 4 is 5.82 Å². The zero-order valence-electron chi connectivity index (χ0n) is 11.1. The highest BCUT2D eigenvalue weighted by molar-refractivity contribution is 5.41. The van der Waals surface area contributed by atoms with Gasteiger partial charge in [0.1, 0.15) is 6.07 Å². The van der Waals surface area contributed by atoms with Crippen molar-refractivity contribution < 1.29 is 13.2 Å². The fraction of sp³-hybridized carbons (Fsp3) is 0.214. The zero-order chi connectivity index (χ0) is 15.5. The predicted molar refractivity (Wildman–Crippen MR) is 70.3 cm³/mol. The lowest BCUT2D eigenvalue weighted by Gasteiger charge is -2.20. The fourth-order valence-corrected chi connectivity index (χ4v) is 1.86. The average Bonchev–Trinajstić information content (AvgIpc) is 2.47. The number of anilines is 1. The van der Waals surface area contributed by atoms with Gasteiger partial charge < -0.3 is 4.90 Å². The summed E-state index contributed by atoms with van der Waals surface area (Å²) in [4.78, 5) is 1.54. The van der Waals surface area contributed by atoms with E-state index in [4.69, 9.17) is 5.26 Å². The average molecular weight is 292 g/mol. The Bertz CT molecular complexity index is 659. The summed E-state index contributed by atoms with van der Waals surface area (Å²) in [7, 11) is 1.61. The van der Waals surface area contributed by atoms with Crippen LogP contribution in [-0.4, -0.2) is 17.2 Å². The lowest BCUT2D eigenvalue weighted by Crippen LogP contribution is -2.21. The molecule has 0 atom stereocenters. The van der Waals surface area contributed by atoms with Crippen molar-refractivity contribution in [2.45, 2.75) is 12.7 Å². The molecule has 0 aliphatic rings. The van der Waals surface area contributed by atoms with Crippen LogP contribution in [-0.2, 0) is 12.7 Å². The normalized spacial score (nSPS) is 11.0. The minimum atomic E-state index is -4.40. The van der Waals surface area contributed by atoms with Gasteiger partial charge in [0.25, 0.3) is 0 Å². The third-order valence-electron chi connectivity index (χ3n) is 2.89. The standard InChI is InChI=1S/C14H11F3N4/c1-21(13-7-6-11(8-18)19-20-13)9-10-4-2-3-5-12(10)14(15,16)17/h2-7H,9H2,1H3. The highest BCUT2D eigenvalue weighted by Gasteiger charge is 2.33. The number of halogens is 3. The summed E-state index contributed by atoms with van der Waals surface area (Å²) in [6.45, 7) is 0.0380. The minimum absolute atomic E-state index is 0.0380. The maximum Gasteiger partial charge on any atom is 0.416 e. The topological polar surface area (TPSA) is 52.8 Å². The van der Waals surface area contributed by atoms with Crippen LogP contribution >= 0.6 is 0 Å². The highest BCUT2D eigenvalue weighted by atomic mass is 19.4. The third-order valence-corrected chi connectivity index (χ3v) is 2.89. The molecule has 0 amide bonds. The number of hydrogen-bond donors (Lipinski definition) is 0. The molecule has 4 nitrogen and oxygen atoms in total. The van der Waals surface area contributed by atoms with Gasteiger partial charge in [0, 0.05) is 13.6 Å². The molecule has 0 fully saturated rings. The van der Waals surface area contributed by atoms with E-state index in [9.17, 15) is 13.2 Å². The molecule has 21 heavy (non-hydrogen) atoms. The molecule has 0 bridgehead atoms. The Morgan fingerprint density at radius 3 is 2.43 bits per heavy atom. The Morgan fingerprint density at radius 1 is 1.14 bits per heavy atom. The quantitative estimate of drug-likeness (QED) is 0.872. The van der Waals surface area contributed by atoms with Gasteiger partial charge >= 0.3 is 6.18 Å². The molecule has 1 heterocycles. The minimum Gasteiger partial charge on any atom is -0.354 e. The predicted octanol–water partition coefficient (Wildman–Crippen LogP) is 3.00. The van der Waals surface area contributed by atoms with Gasteiger partial charge in [-0.1, -0.05) is 18.2 Å². The number of rotatable bonds is 3. The first kappa shape index (κ1) is 14.8. The van der Waals surface area contributed by atoms with Gasteiger partial charge in [0.15, 0.2) is 11.5 Å². The zero-order valence-corrected chi connectivity index (χ0v) is 11.1. The summed E-state index contributed by atoms with van der Waals surface area (Å²) < 4.78 is 38.8. The molecule has 0 saturated heterocycles. The van der Waals surface area contributed by atoms with E-state index in [0.29, 0.717) is 5.82 Å². The van der Waals surface area contributed by atoms with Crippen LogP contribution in [0, 0.1) is 11.3 Å². The number of benzene rings is 1. The van der Waals surface area contributed by atoms with Crippen LogP contribution in [0.2, 0.25) is 0 Å². The lowest BCUT2D eigenvalue weighted by atomic mass is 10.1. The first-order valence-electron chi connectivity index (χ1n) is 6.02. The second-order valence-electron chi connectivity index (χ2n) is 4.40. The monoisotopic (exact) mass is 292 g/mol. The van der Waals surface area contributed by atoms with Crippen molar-refractivity contribution in [2.75, 3.05) is 11.9 Å². The van der Waals surface area contributed by atoms with Crippen LogP contribution in [0.4, 0.5) is 19.0 Å². The summed E-state index contributed by atoms with van der Waals surface area (Å²) in [5.74, 6) is 0.394. The van der Waals surface area contributed by atoms with E-state index in [0.717, 1.165) is 6.07 Å². The summed E-state index contributed by atoms with van der Waals surface area (Å²) in [6.07, 6.45) is -4.40. The van der Waals surface area contributed by atoms with Gasteiger partial charge in [0.05, 0.1) is 5.56 Å². The molecule has 2 aromatic rings. The molecule has 0 N–H and O–H groups in total. The molecule has 2 rings (SSSR count). The van der Waals surface area contributed by atoms with Gasteiger partial charge in [-0.05, 0) is 23.8 Å². The van der Waals surface area contributed by atoms with Crippen LogP contribution in [0.5, 0.6) is 0 Å². The second-order valence-corrected chi connectivity index (χ2v) is 4.40. The Kier molecular flexibility index (Phi) is 4.08. The van der Waals surface area contributed by atoms with E-state index in [-0.39, 0.29) is 17.8 Å². The van der Waals surface area contributed by atoms with E-state index >= 15 is 0 Å². The fourth-order valence-electron chi connectivity index (χ4n) is 1.86. The van der Waals surface area contributed by atoms with E-state index in [1.165, 1.54) is 18.2 Å².